The molecule has 0 aliphatic heterocycles. The van der Waals surface area contributed by atoms with Crippen molar-refractivity contribution >= 4 is 23.7 Å². The van der Waals surface area contributed by atoms with Gasteiger partial charge in [-0.3, -0.25) is 10.2 Å². The number of nitrogens with zero attached hydrogens (tertiary/aromatic N) is 5. The van der Waals surface area contributed by atoms with Crippen molar-refractivity contribution in [2.45, 2.75) is 24.2 Å². The second-order valence-electron chi connectivity index (χ2n) is 3.90. The molecule has 0 fully saturated rings. The molecule has 10 heteroatoms. The summed E-state index contributed by atoms with van der Waals surface area (Å²) in [6.45, 7) is 5.53. The molecule has 0 spiro atoms. The lowest BCUT2D eigenvalue weighted by molar-refractivity contribution is 0.781. The fraction of sp³-hybridized carbons (Fsp3) is 0.364. The van der Waals surface area contributed by atoms with E-state index in [0.29, 0.717) is 16.3 Å². The van der Waals surface area contributed by atoms with Crippen LogP contribution in [0, 0.1) is 0 Å². The zero-order valence-corrected chi connectivity index (χ0v) is 12.5. The molecule has 0 aromatic carbocycles. The number of nitrogens with one attached hydrogen (secondary N) is 2. The van der Waals surface area contributed by atoms with Gasteiger partial charge >= 0.3 is 0 Å². The van der Waals surface area contributed by atoms with Crippen molar-refractivity contribution in [3.05, 3.63) is 22.6 Å². The maximum atomic E-state index is 11.3. The van der Waals surface area contributed by atoms with Gasteiger partial charge in [-0.25, -0.2) is 10.8 Å². The number of hydrogen-bond donors (Lipinski definition) is 3. The SMILES string of the molecule is CCN(CC)c1nc(NN)nc(Sc2nccc(=O)[nH]2)n1. The molecule has 0 saturated carbocycles. The second kappa shape index (κ2) is 6.99. The van der Waals surface area contributed by atoms with E-state index in [2.05, 4.69) is 30.3 Å². The van der Waals surface area contributed by atoms with E-state index in [1.165, 1.54) is 12.3 Å². The topological polar surface area (TPSA) is 126 Å². The zero-order chi connectivity index (χ0) is 15.2. The van der Waals surface area contributed by atoms with Crippen molar-refractivity contribution < 1.29 is 0 Å². The van der Waals surface area contributed by atoms with Gasteiger partial charge in [0.1, 0.15) is 0 Å². The average Bonchev–Trinajstić information content (AvgIpc) is 2.48. The predicted octanol–water partition coefficient (Wildman–Crippen LogP) is 0.238. The number of aromatic amines is 1. The standard InChI is InChI=1S/C11H16N8OS/c1-3-19(4-2)9-15-8(18-12)16-11(17-9)21-10-13-6-5-7(20)14-10/h5-6H,3-4,12H2,1-2H3,(H,13,14,20)(H,15,16,17,18). The minimum Gasteiger partial charge on any atom is -0.341 e. The fourth-order valence-corrected chi connectivity index (χ4v) is 2.29. The van der Waals surface area contributed by atoms with Gasteiger partial charge in [0.2, 0.25) is 17.1 Å². The van der Waals surface area contributed by atoms with Gasteiger partial charge in [-0.1, -0.05) is 0 Å². The smallest absolute Gasteiger partial charge is 0.251 e. The van der Waals surface area contributed by atoms with Crippen molar-refractivity contribution in [3.8, 4) is 0 Å². The summed E-state index contributed by atoms with van der Waals surface area (Å²) in [5.74, 6) is 6.16. The molecular weight excluding hydrogens is 292 g/mol. The molecule has 9 nitrogen and oxygen atoms in total. The van der Waals surface area contributed by atoms with Gasteiger partial charge in [0.05, 0.1) is 0 Å². The number of aromatic nitrogens is 5. The third-order valence-corrected chi connectivity index (χ3v) is 3.38. The molecule has 0 atom stereocenters. The molecule has 4 N–H and O–H groups in total. The number of hydrogen-bond acceptors (Lipinski definition) is 9. The van der Waals surface area contributed by atoms with Gasteiger partial charge in [0, 0.05) is 25.4 Å². The summed E-state index contributed by atoms with van der Waals surface area (Å²) in [5, 5.41) is 0.802. The molecule has 2 aromatic rings. The Kier molecular flexibility index (Phi) is 5.06. The van der Waals surface area contributed by atoms with Crippen molar-refractivity contribution in [1.82, 2.24) is 24.9 Å². The van der Waals surface area contributed by atoms with Crippen LogP contribution < -0.4 is 21.7 Å². The van der Waals surface area contributed by atoms with E-state index in [0.717, 1.165) is 24.9 Å². The molecule has 0 aliphatic rings. The van der Waals surface area contributed by atoms with Gasteiger partial charge in [-0.2, -0.15) is 15.0 Å². The summed E-state index contributed by atoms with van der Waals surface area (Å²) in [4.78, 5) is 32.6. The van der Waals surface area contributed by atoms with Crippen LogP contribution in [0.4, 0.5) is 11.9 Å². The minimum atomic E-state index is -0.234. The van der Waals surface area contributed by atoms with Crippen LogP contribution in [-0.2, 0) is 0 Å². The summed E-state index contributed by atoms with van der Waals surface area (Å²) < 4.78 is 0. The highest BCUT2D eigenvalue weighted by Gasteiger charge is 2.12. The average molecular weight is 308 g/mol. The van der Waals surface area contributed by atoms with Gasteiger partial charge in [-0.15, -0.1) is 0 Å². The monoisotopic (exact) mass is 308 g/mol. The minimum absolute atomic E-state index is 0.234. The van der Waals surface area contributed by atoms with E-state index in [-0.39, 0.29) is 11.5 Å². The Labute approximate surface area is 125 Å². The molecule has 112 valence electrons. The first-order chi connectivity index (χ1) is 10.2. The van der Waals surface area contributed by atoms with Crippen molar-refractivity contribution in [2.24, 2.45) is 5.84 Å². The van der Waals surface area contributed by atoms with Crippen LogP contribution in [0.1, 0.15) is 13.8 Å². The molecular formula is C11H16N8OS. The summed E-state index contributed by atoms with van der Waals surface area (Å²) in [6.07, 6.45) is 1.43. The first kappa shape index (κ1) is 15.2. The lowest BCUT2D eigenvalue weighted by Gasteiger charge is -2.19. The highest BCUT2D eigenvalue weighted by Crippen LogP contribution is 2.22. The van der Waals surface area contributed by atoms with E-state index in [1.54, 1.807) is 0 Å². The molecule has 0 aliphatic carbocycles. The lowest BCUT2D eigenvalue weighted by Crippen LogP contribution is -2.25. The zero-order valence-electron chi connectivity index (χ0n) is 11.7. The van der Waals surface area contributed by atoms with E-state index in [9.17, 15) is 4.79 Å². The van der Waals surface area contributed by atoms with E-state index in [1.807, 2.05) is 18.7 Å². The molecule has 2 rings (SSSR count). The number of nitrogen functional groups attached to an aromatic ring is 1. The maximum absolute atomic E-state index is 11.3. The summed E-state index contributed by atoms with van der Waals surface area (Å²) in [5.41, 5.74) is 2.18. The highest BCUT2D eigenvalue weighted by molar-refractivity contribution is 7.99. The van der Waals surface area contributed by atoms with Crippen LogP contribution in [0.5, 0.6) is 0 Å². The quantitative estimate of drug-likeness (QED) is 0.390. The van der Waals surface area contributed by atoms with Crippen LogP contribution >= 0.6 is 11.8 Å². The van der Waals surface area contributed by atoms with Crippen molar-refractivity contribution in [3.63, 3.8) is 0 Å². The Balaban J connectivity index is 2.34. The Morgan fingerprint density at radius 3 is 2.71 bits per heavy atom. The van der Waals surface area contributed by atoms with Gasteiger partial charge < -0.3 is 9.88 Å². The van der Waals surface area contributed by atoms with E-state index < -0.39 is 0 Å². The second-order valence-corrected chi connectivity index (χ2v) is 4.86. The molecule has 0 amide bonds. The predicted molar refractivity (Wildman–Crippen MR) is 80.2 cm³/mol. The normalized spacial score (nSPS) is 10.4. The summed E-state index contributed by atoms with van der Waals surface area (Å²) in [6, 6.07) is 1.34. The van der Waals surface area contributed by atoms with Crippen molar-refractivity contribution in [2.75, 3.05) is 23.4 Å². The lowest BCUT2D eigenvalue weighted by atomic mass is 10.5. The Morgan fingerprint density at radius 2 is 2.10 bits per heavy atom. The Morgan fingerprint density at radius 1 is 1.33 bits per heavy atom. The van der Waals surface area contributed by atoms with Gasteiger partial charge in [-0.05, 0) is 25.6 Å². The first-order valence-electron chi connectivity index (χ1n) is 6.37. The Bertz CT molecular complexity index is 657. The van der Waals surface area contributed by atoms with Gasteiger partial charge in [0.15, 0.2) is 5.16 Å². The van der Waals surface area contributed by atoms with Crippen molar-refractivity contribution in [1.29, 1.82) is 0 Å². The molecule has 2 aromatic heterocycles. The molecule has 0 unspecified atom stereocenters. The van der Waals surface area contributed by atoms with Crippen LogP contribution in [0.3, 0.4) is 0 Å². The number of rotatable bonds is 6. The third kappa shape index (κ3) is 3.89. The fourth-order valence-electron chi connectivity index (χ4n) is 1.59. The molecule has 0 bridgehead atoms. The Hall–Kier alpha value is -2.20. The first-order valence-corrected chi connectivity index (χ1v) is 7.18. The third-order valence-electron chi connectivity index (χ3n) is 2.61. The van der Waals surface area contributed by atoms with Crippen LogP contribution in [0.15, 0.2) is 27.4 Å². The number of hydrazine groups is 1. The van der Waals surface area contributed by atoms with Crippen LogP contribution in [0.2, 0.25) is 0 Å². The molecule has 2 heterocycles. The molecule has 21 heavy (non-hydrogen) atoms. The number of nitrogens with two attached hydrogens (primary N) is 1. The summed E-state index contributed by atoms with van der Waals surface area (Å²) in [7, 11) is 0. The number of anilines is 2. The van der Waals surface area contributed by atoms with Gasteiger partial charge in [0.25, 0.3) is 5.56 Å². The number of H-pyrrole nitrogens is 1. The van der Waals surface area contributed by atoms with E-state index in [4.69, 9.17) is 5.84 Å². The highest BCUT2D eigenvalue weighted by atomic mass is 32.2. The molecule has 0 saturated heterocycles. The largest absolute Gasteiger partial charge is 0.341 e. The summed E-state index contributed by atoms with van der Waals surface area (Å²) >= 11 is 1.13. The van der Waals surface area contributed by atoms with E-state index >= 15 is 0 Å². The van der Waals surface area contributed by atoms with Crippen LogP contribution in [0.25, 0.3) is 0 Å². The van der Waals surface area contributed by atoms with Crippen LogP contribution in [-0.4, -0.2) is 38.0 Å². The maximum Gasteiger partial charge on any atom is 0.251 e. The molecule has 0 radical (unpaired) electrons.